The van der Waals surface area contributed by atoms with Gasteiger partial charge in [-0.3, -0.25) is 18.9 Å². The van der Waals surface area contributed by atoms with Crippen molar-refractivity contribution in [3.63, 3.8) is 0 Å². The second kappa shape index (κ2) is 8.13. The molecule has 146 valence electrons. The maximum Gasteiger partial charge on any atom is 0.329 e. The van der Waals surface area contributed by atoms with E-state index in [1.807, 2.05) is 24.3 Å². The van der Waals surface area contributed by atoms with Gasteiger partial charge in [0.05, 0.1) is 13.3 Å². The van der Waals surface area contributed by atoms with Crippen LogP contribution in [0.4, 0.5) is 5.95 Å². The third-order valence-corrected chi connectivity index (χ3v) is 4.21. The Bertz CT molecular complexity index is 1170. The van der Waals surface area contributed by atoms with Crippen LogP contribution < -0.4 is 21.4 Å². The molecule has 0 aliphatic rings. The number of aromatic amines is 1. The summed E-state index contributed by atoms with van der Waals surface area (Å²) in [6.07, 6.45) is 3.33. The first-order valence-electron chi connectivity index (χ1n) is 8.35. The fourth-order valence-corrected chi connectivity index (χ4v) is 2.64. The van der Waals surface area contributed by atoms with Gasteiger partial charge in [0.25, 0.3) is 5.56 Å². The molecule has 0 amide bonds. The Morgan fingerprint density at radius 2 is 2.07 bits per heavy atom. The third kappa shape index (κ3) is 3.99. The van der Waals surface area contributed by atoms with Crippen LogP contribution in [-0.4, -0.2) is 32.4 Å². The normalized spacial score (nSPS) is 12.1. The number of ether oxygens (including phenoxy) is 1. The predicted molar refractivity (Wildman–Crippen MR) is 109 cm³/mol. The number of halogens is 1. The number of hydrogen-bond acceptors (Lipinski definition) is 6. The zero-order chi connectivity index (χ0) is 20.3. The van der Waals surface area contributed by atoms with E-state index in [1.54, 1.807) is 30.9 Å². The number of imidazole rings is 1. The van der Waals surface area contributed by atoms with Crippen LogP contribution in [0.25, 0.3) is 11.2 Å². The van der Waals surface area contributed by atoms with Crippen LogP contribution in [0.3, 0.4) is 0 Å². The zero-order valence-electron chi connectivity index (χ0n) is 15.6. The first-order valence-corrected chi connectivity index (χ1v) is 8.73. The molecule has 0 aliphatic carbocycles. The highest BCUT2D eigenvalue weighted by atomic mass is 35.5. The van der Waals surface area contributed by atoms with Gasteiger partial charge in [-0.1, -0.05) is 17.7 Å². The predicted octanol–water partition coefficient (Wildman–Crippen LogP) is 2.02. The Morgan fingerprint density at radius 3 is 2.71 bits per heavy atom. The van der Waals surface area contributed by atoms with E-state index in [2.05, 4.69) is 20.5 Å². The Labute approximate surface area is 164 Å². The smallest absolute Gasteiger partial charge is 0.329 e. The van der Waals surface area contributed by atoms with Gasteiger partial charge in [0.2, 0.25) is 5.95 Å². The highest BCUT2D eigenvalue weighted by Gasteiger charge is 2.16. The van der Waals surface area contributed by atoms with E-state index >= 15 is 0 Å². The first kappa shape index (κ1) is 19.4. The van der Waals surface area contributed by atoms with Gasteiger partial charge in [-0.15, -0.1) is 0 Å². The fourth-order valence-electron chi connectivity index (χ4n) is 2.57. The molecular weight excluding hydrogens is 384 g/mol. The Kier molecular flexibility index (Phi) is 5.65. The number of H-pyrrole nitrogens is 1. The van der Waals surface area contributed by atoms with E-state index in [-0.39, 0.29) is 17.7 Å². The molecule has 0 spiro atoms. The number of nitrogens with zero attached hydrogens (tertiary/aromatic N) is 4. The van der Waals surface area contributed by atoms with Crippen molar-refractivity contribution in [2.75, 3.05) is 12.5 Å². The zero-order valence-corrected chi connectivity index (χ0v) is 16.3. The minimum Gasteiger partial charge on any atom is -0.497 e. The molecule has 28 heavy (non-hydrogen) atoms. The summed E-state index contributed by atoms with van der Waals surface area (Å²) in [6, 6.07) is 7.34. The number of fused-ring (bicyclic) bond motifs is 1. The molecule has 0 aliphatic heterocycles. The van der Waals surface area contributed by atoms with Crippen molar-refractivity contribution in [3.05, 3.63) is 61.8 Å². The minimum atomic E-state index is -0.542. The van der Waals surface area contributed by atoms with Crippen molar-refractivity contribution in [1.82, 2.24) is 19.1 Å². The number of methoxy groups -OCH3 is 1. The first-order chi connectivity index (χ1) is 13.4. The topological polar surface area (TPSA) is 106 Å². The van der Waals surface area contributed by atoms with E-state index in [0.717, 1.165) is 11.3 Å². The number of aryl methyl sites for hydroxylation is 1. The summed E-state index contributed by atoms with van der Waals surface area (Å²) in [5.74, 6) is 1.05. The lowest BCUT2D eigenvalue weighted by Gasteiger charge is -2.05. The number of hydrazone groups is 1. The molecule has 3 aromatic rings. The number of benzene rings is 1. The second-order valence-corrected chi connectivity index (χ2v) is 6.57. The van der Waals surface area contributed by atoms with Gasteiger partial charge >= 0.3 is 5.69 Å². The number of nitrogens with one attached hydrogen (secondary N) is 2. The van der Waals surface area contributed by atoms with Crippen LogP contribution in [0.2, 0.25) is 0 Å². The molecule has 0 radical (unpaired) electrons. The molecule has 0 bridgehead atoms. The minimum absolute atomic E-state index is 0.247. The molecule has 0 saturated carbocycles. The molecule has 0 atom stereocenters. The summed E-state index contributed by atoms with van der Waals surface area (Å²) < 4.78 is 7.99. The van der Waals surface area contributed by atoms with Crippen molar-refractivity contribution >= 4 is 34.9 Å². The maximum atomic E-state index is 12.3. The number of allylic oxidation sites excluding steroid dienone is 2. The molecular formula is C18H19ClN6O3. The summed E-state index contributed by atoms with van der Waals surface area (Å²) in [4.78, 5) is 30.8. The molecule has 0 unspecified atom stereocenters. The molecule has 2 heterocycles. The summed E-state index contributed by atoms with van der Waals surface area (Å²) in [7, 11) is 3.13. The highest BCUT2D eigenvalue weighted by Crippen LogP contribution is 2.16. The van der Waals surface area contributed by atoms with Crippen LogP contribution in [0.1, 0.15) is 12.5 Å². The van der Waals surface area contributed by atoms with Crippen LogP contribution in [0.5, 0.6) is 5.75 Å². The molecule has 9 nitrogen and oxygen atoms in total. The van der Waals surface area contributed by atoms with Crippen molar-refractivity contribution in [2.24, 2.45) is 12.1 Å². The second-order valence-electron chi connectivity index (χ2n) is 5.97. The van der Waals surface area contributed by atoms with Gasteiger partial charge in [-0.25, -0.2) is 10.2 Å². The lowest BCUT2D eigenvalue weighted by Crippen LogP contribution is -2.29. The van der Waals surface area contributed by atoms with Gasteiger partial charge in [-0.05, 0) is 36.8 Å². The summed E-state index contributed by atoms with van der Waals surface area (Å²) >= 11 is 5.93. The quantitative estimate of drug-likeness (QED) is 0.484. The average molecular weight is 403 g/mol. The number of hydrogen-bond donors (Lipinski definition) is 2. The van der Waals surface area contributed by atoms with Gasteiger partial charge in [0.15, 0.2) is 11.2 Å². The molecule has 0 saturated heterocycles. The molecule has 10 heteroatoms. The van der Waals surface area contributed by atoms with Crippen LogP contribution in [0, 0.1) is 0 Å². The fraction of sp³-hybridized carbons (Fsp3) is 0.222. The van der Waals surface area contributed by atoms with Crippen molar-refractivity contribution in [2.45, 2.75) is 13.5 Å². The van der Waals surface area contributed by atoms with Crippen molar-refractivity contribution < 1.29 is 4.74 Å². The summed E-state index contributed by atoms with van der Waals surface area (Å²) in [5, 5.41) is 4.75. The average Bonchev–Trinajstić information content (AvgIpc) is 3.04. The maximum absolute atomic E-state index is 12.3. The molecule has 1 aromatic carbocycles. The number of rotatable bonds is 6. The summed E-state index contributed by atoms with van der Waals surface area (Å²) in [6.45, 7) is 2.02. The molecule has 0 fully saturated rings. The third-order valence-electron chi connectivity index (χ3n) is 4.06. The monoisotopic (exact) mass is 402 g/mol. The Hall–Kier alpha value is -3.33. The lowest BCUT2D eigenvalue weighted by atomic mass is 10.2. The van der Waals surface area contributed by atoms with Crippen molar-refractivity contribution in [1.29, 1.82) is 0 Å². The lowest BCUT2D eigenvalue weighted by molar-refractivity contribution is 0.415. The van der Waals surface area contributed by atoms with Gasteiger partial charge in [-0.2, -0.15) is 10.1 Å². The van der Waals surface area contributed by atoms with Gasteiger partial charge in [0.1, 0.15) is 5.75 Å². The van der Waals surface area contributed by atoms with Gasteiger partial charge < -0.3 is 4.74 Å². The van der Waals surface area contributed by atoms with E-state index in [4.69, 9.17) is 16.3 Å². The number of anilines is 1. The van der Waals surface area contributed by atoms with Crippen LogP contribution in [0.15, 0.2) is 50.1 Å². The summed E-state index contributed by atoms with van der Waals surface area (Å²) in [5.41, 5.74) is 3.10. The molecule has 3 rings (SSSR count). The molecule has 2 aromatic heterocycles. The van der Waals surface area contributed by atoms with E-state index in [0.29, 0.717) is 11.0 Å². The SMILES string of the molecule is COc1ccc(/C=N\Nc2nc3c(c(=O)[nH]c(=O)n3C)n2C/C=C(/C)Cl)cc1. The Balaban J connectivity index is 2.00. The van der Waals surface area contributed by atoms with E-state index < -0.39 is 11.2 Å². The highest BCUT2D eigenvalue weighted by molar-refractivity contribution is 6.29. The number of aromatic nitrogens is 4. The largest absolute Gasteiger partial charge is 0.497 e. The Morgan fingerprint density at radius 1 is 1.36 bits per heavy atom. The molecule has 2 N–H and O–H groups in total. The van der Waals surface area contributed by atoms with Gasteiger partial charge in [0, 0.05) is 18.6 Å². The van der Waals surface area contributed by atoms with E-state index in [9.17, 15) is 9.59 Å². The standard InChI is InChI=1S/C18H19ClN6O3/c1-11(19)8-9-25-14-15(24(2)18(27)22-16(14)26)21-17(25)23-20-10-12-4-6-13(28-3)7-5-12/h4-8,10H,9H2,1-3H3,(H,21,23)(H,22,26,27)/b11-8-,20-10-. The van der Waals surface area contributed by atoms with Crippen molar-refractivity contribution in [3.8, 4) is 5.75 Å². The van der Waals surface area contributed by atoms with Crippen LogP contribution >= 0.6 is 11.6 Å². The van der Waals surface area contributed by atoms with E-state index in [1.165, 1.54) is 11.6 Å². The van der Waals surface area contributed by atoms with Crippen LogP contribution in [-0.2, 0) is 13.6 Å².